The van der Waals surface area contributed by atoms with Gasteiger partial charge in [-0.2, -0.15) is 0 Å². The number of esters is 1. The second-order valence-electron chi connectivity index (χ2n) is 12.2. The number of fused-ring (bicyclic) bond motifs is 1. The molecule has 0 unspecified atom stereocenters. The number of carbonyl (C=O) groups is 2. The number of ether oxygens (including phenoxy) is 2. The number of carbonyl (C=O) groups excluding carboxylic acids is 1. The van der Waals surface area contributed by atoms with Gasteiger partial charge in [0.25, 0.3) is 0 Å². The van der Waals surface area contributed by atoms with E-state index < -0.39 is 11.9 Å². The Balaban J connectivity index is 1.82. The van der Waals surface area contributed by atoms with Gasteiger partial charge in [-0.05, 0) is 81.9 Å². The molecule has 1 aromatic rings. The molecule has 0 saturated heterocycles. The average Bonchev–Trinajstić information content (AvgIpc) is 2.83. The molecule has 0 saturated carbocycles. The molecular formula is C32H52O5. The SMILES string of the molecule is Cc1c(C)c2c(c(C)c1OC(=O)CCC(=O)O)CC[C@@](C)(CCCCCCC[C@H](C)CCCC(C)C)O2. The van der Waals surface area contributed by atoms with Crippen LogP contribution >= 0.6 is 0 Å². The van der Waals surface area contributed by atoms with E-state index in [2.05, 4.69) is 27.7 Å². The second-order valence-corrected chi connectivity index (χ2v) is 12.2. The molecule has 0 amide bonds. The molecule has 210 valence electrons. The molecule has 2 atom stereocenters. The summed E-state index contributed by atoms with van der Waals surface area (Å²) in [5, 5.41) is 8.84. The van der Waals surface area contributed by atoms with Gasteiger partial charge in [0.2, 0.25) is 0 Å². The third kappa shape index (κ3) is 9.98. The van der Waals surface area contributed by atoms with Crippen LogP contribution in [0.3, 0.4) is 0 Å². The lowest BCUT2D eigenvalue weighted by Gasteiger charge is -2.38. The maximum absolute atomic E-state index is 12.2. The molecule has 1 aliphatic rings. The molecule has 37 heavy (non-hydrogen) atoms. The van der Waals surface area contributed by atoms with Crippen LogP contribution in [0, 0.1) is 32.6 Å². The van der Waals surface area contributed by atoms with Crippen LogP contribution < -0.4 is 9.47 Å². The van der Waals surface area contributed by atoms with Gasteiger partial charge in [0.15, 0.2) is 0 Å². The maximum atomic E-state index is 12.2. The van der Waals surface area contributed by atoms with Crippen LogP contribution in [0.25, 0.3) is 0 Å². The van der Waals surface area contributed by atoms with Crippen LogP contribution in [0.4, 0.5) is 0 Å². The molecule has 2 rings (SSSR count). The Bertz CT molecular complexity index is 903. The quantitative estimate of drug-likeness (QED) is 0.135. The van der Waals surface area contributed by atoms with Crippen molar-refractivity contribution in [2.24, 2.45) is 11.8 Å². The van der Waals surface area contributed by atoms with Crippen molar-refractivity contribution in [3.63, 3.8) is 0 Å². The van der Waals surface area contributed by atoms with E-state index in [-0.39, 0.29) is 18.4 Å². The van der Waals surface area contributed by atoms with E-state index in [0.29, 0.717) is 5.75 Å². The first-order valence-corrected chi connectivity index (χ1v) is 14.7. The van der Waals surface area contributed by atoms with E-state index in [0.717, 1.165) is 59.1 Å². The van der Waals surface area contributed by atoms with Crippen LogP contribution in [0.15, 0.2) is 0 Å². The average molecular weight is 517 g/mol. The highest BCUT2D eigenvalue weighted by Crippen LogP contribution is 2.45. The minimum atomic E-state index is -0.998. The Hall–Kier alpha value is -2.04. The summed E-state index contributed by atoms with van der Waals surface area (Å²) >= 11 is 0. The summed E-state index contributed by atoms with van der Waals surface area (Å²) in [7, 11) is 0. The molecule has 0 aromatic heterocycles. The van der Waals surface area contributed by atoms with Crippen molar-refractivity contribution in [2.45, 2.75) is 144 Å². The summed E-state index contributed by atoms with van der Waals surface area (Å²) in [4.78, 5) is 23.0. The number of hydrogen-bond acceptors (Lipinski definition) is 4. The molecule has 1 aliphatic heterocycles. The molecule has 1 heterocycles. The van der Waals surface area contributed by atoms with Crippen LogP contribution in [0.1, 0.15) is 133 Å². The van der Waals surface area contributed by atoms with Gasteiger partial charge in [-0.1, -0.05) is 72.1 Å². The summed E-state index contributed by atoms with van der Waals surface area (Å²) in [6, 6.07) is 0. The second kappa shape index (κ2) is 14.8. The van der Waals surface area contributed by atoms with Crippen LogP contribution in [0.5, 0.6) is 11.5 Å². The topological polar surface area (TPSA) is 72.8 Å². The number of unbranched alkanes of at least 4 members (excludes halogenated alkanes) is 4. The van der Waals surface area contributed by atoms with Crippen molar-refractivity contribution in [3.05, 3.63) is 22.3 Å². The van der Waals surface area contributed by atoms with Gasteiger partial charge in [0.05, 0.1) is 12.8 Å². The lowest BCUT2D eigenvalue weighted by Crippen LogP contribution is -2.37. The third-order valence-electron chi connectivity index (χ3n) is 8.20. The van der Waals surface area contributed by atoms with E-state index in [1.165, 1.54) is 57.8 Å². The molecule has 0 bridgehead atoms. The highest BCUT2D eigenvalue weighted by atomic mass is 16.5. The summed E-state index contributed by atoms with van der Waals surface area (Å²) in [5.74, 6) is 1.69. The molecule has 5 nitrogen and oxygen atoms in total. The molecule has 0 fully saturated rings. The van der Waals surface area contributed by atoms with Gasteiger partial charge in [0.1, 0.15) is 17.1 Å². The molecule has 5 heteroatoms. The fraction of sp³-hybridized carbons (Fsp3) is 0.750. The number of benzene rings is 1. The van der Waals surface area contributed by atoms with Crippen LogP contribution in [0.2, 0.25) is 0 Å². The zero-order valence-corrected chi connectivity index (χ0v) is 24.6. The van der Waals surface area contributed by atoms with E-state index >= 15 is 0 Å². The Morgan fingerprint density at radius 2 is 1.54 bits per heavy atom. The first-order valence-electron chi connectivity index (χ1n) is 14.7. The number of carboxylic acid groups (broad SMARTS) is 1. The van der Waals surface area contributed by atoms with E-state index in [1.807, 2.05) is 20.8 Å². The number of aliphatic carboxylic acids is 1. The van der Waals surface area contributed by atoms with Gasteiger partial charge in [-0.3, -0.25) is 9.59 Å². The molecule has 1 N–H and O–H groups in total. The van der Waals surface area contributed by atoms with Crippen molar-refractivity contribution in [1.29, 1.82) is 0 Å². The largest absolute Gasteiger partial charge is 0.487 e. The van der Waals surface area contributed by atoms with Gasteiger partial charge in [-0.15, -0.1) is 0 Å². The van der Waals surface area contributed by atoms with Crippen molar-refractivity contribution in [3.8, 4) is 11.5 Å². The van der Waals surface area contributed by atoms with E-state index in [4.69, 9.17) is 14.6 Å². The third-order valence-corrected chi connectivity index (χ3v) is 8.20. The Morgan fingerprint density at radius 3 is 2.22 bits per heavy atom. The maximum Gasteiger partial charge on any atom is 0.311 e. The Morgan fingerprint density at radius 1 is 0.892 bits per heavy atom. The zero-order valence-electron chi connectivity index (χ0n) is 24.6. The number of rotatable bonds is 16. The summed E-state index contributed by atoms with van der Waals surface area (Å²) < 4.78 is 12.3. The minimum absolute atomic E-state index is 0.129. The van der Waals surface area contributed by atoms with Crippen molar-refractivity contribution in [1.82, 2.24) is 0 Å². The Labute approximate surface area is 225 Å². The highest BCUT2D eigenvalue weighted by Gasteiger charge is 2.34. The first kappa shape index (κ1) is 31.2. The van der Waals surface area contributed by atoms with E-state index in [9.17, 15) is 9.59 Å². The summed E-state index contributed by atoms with van der Waals surface area (Å²) in [6.45, 7) is 15.2. The lowest BCUT2D eigenvalue weighted by atomic mass is 9.84. The predicted octanol–water partition coefficient (Wildman–Crippen LogP) is 8.66. The smallest absolute Gasteiger partial charge is 0.311 e. The lowest BCUT2D eigenvalue weighted by molar-refractivity contribution is -0.142. The molecule has 0 radical (unpaired) electrons. The highest BCUT2D eigenvalue weighted by molar-refractivity contribution is 5.79. The number of carboxylic acids is 1. The monoisotopic (exact) mass is 516 g/mol. The van der Waals surface area contributed by atoms with Gasteiger partial charge in [0, 0.05) is 5.56 Å². The van der Waals surface area contributed by atoms with Gasteiger partial charge >= 0.3 is 11.9 Å². The predicted molar refractivity (Wildman–Crippen MR) is 151 cm³/mol. The van der Waals surface area contributed by atoms with Crippen LogP contribution in [-0.4, -0.2) is 22.6 Å². The van der Waals surface area contributed by atoms with Crippen molar-refractivity contribution >= 4 is 11.9 Å². The van der Waals surface area contributed by atoms with Crippen molar-refractivity contribution in [2.75, 3.05) is 0 Å². The number of hydrogen-bond donors (Lipinski definition) is 1. The zero-order chi connectivity index (χ0) is 27.6. The molecule has 0 spiro atoms. The fourth-order valence-electron chi connectivity index (χ4n) is 5.53. The normalized spacial score (nSPS) is 17.8. The van der Waals surface area contributed by atoms with Gasteiger partial charge < -0.3 is 14.6 Å². The first-order chi connectivity index (χ1) is 17.4. The standard InChI is InChI=1S/C32H52O5/c1-22(2)14-13-16-23(3)15-11-9-8-10-12-20-32(7)21-19-27-26(6)30(24(4)25(5)31(27)37-32)36-29(35)18-17-28(33)34/h22-23H,8-21H2,1-7H3,(H,33,34)/t23-,32+/m0/s1. The van der Waals surface area contributed by atoms with Crippen molar-refractivity contribution < 1.29 is 24.2 Å². The molecular weight excluding hydrogens is 464 g/mol. The van der Waals surface area contributed by atoms with Crippen LogP contribution in [-0.2, 0) is 16.0 Å². The minimum Gasteiger partial charge on any atom is -0.487 e. The Kier molecular flexibility index (Phi) is 12.5. The molecule has 1 aromatic carbocycles. The summed E-state index contributed by atoms with van der Waals surface area (Å²) in [5.41, 5.74) is 3.78. The summed E-state index contributed by atoms with van der Waals surface area (Å²) in [6.07, 6.45) is 14.5. The molecule has 0 aliphatic carbocycles. The van der Waals surface area contributed by atoms with E-state index in [1.54, 1.807) is 0 Å². The fourth-order valence-corrected chi connectivity index (χ4v) is 5.53. The van der Waals surface area contributed by atoms with Gasteiger partial charge in [-0.25, -0.2) is 0 Å².